The van der Waals surface area contributed by atoms with E-state index in [-0.39, 0.29) is 5.75 Å². The number of alkyl halides is 3. The Morgan fingerprint density at radius 3 is 2.60 bits per heavy atom. The minimum atomic E-state index is -4.39. The van der Waals surface area contributed by atoms with Crippen LogP contribution in [0.4, 0.5) is 13.2 Å². The second-order valence-electron chi connectivity index (χ2n) is 2.91. The monoisotopic (exact) mass is 215 g/mol. The highest BCUT2D eigenvalue weighted by molar-refractivity contribution is 5.30. The fourth-order valence-corrected chi connectivity index (χ4v) is 0.976. The van der Waals surface area contributed by atoms with E-state index in [4.69, 9.17) is 10.00 Å². The van der Waals surface area contributed by atoms with Crippen LogP contribution in [-0.4, -0.2) is 6.10 Å². The standard InChI is InChI=1S/C10H8F3NO/c1-7(6-14)15-9-4-2-3-8(5-9)10(11,12)13/h2-5,7H,1H3/t7-/m0/s1. The molecule has 0 unspecified atom stereocenters. The Morgan fingerprint density at radius 1 is 1.40 bits per heavy atom. The zero-order chi connectivity index (χ0) is 11.5. The van der Waals surface area contributed by atoms with Gasteiger partial charge >= 0.3 is 6.18 Å². The van der Waals surface area contributed by atoms with Crippen molar-refractivity contribution in [3.05, 3.63) is 29.8 Å². The molecular formula is C10H8F3NO. The van der Waals surface area contributed by atoms with E-state index in [1.54, 1.807) is 6.07 Å². The predicted molar refractivity (Wildman–Crippen MR) is 47.1 cm³/mol. The lowest BCUT2D eigenvalue weighted by molar-refractivity contribution is -0.137. The molecule has 0 heterocycles. The highest BCUT2D eigenvalue weighted by atomic mass is 19.4. The molecule has 1 aromatic carbocycles. The Morgan fingerprint density at radius 2 is 2.07 bits per heavy atom. The van der Waals surface area contributed by atoms with Crippen molar-refractivity contribution < 1.29 is 17.9 Å². The second kappa shape index (κ2) is 4.22. The number of nitrogens with zero attached hydrogens (tertiary/aromatic N) is 1. The van der Waals surface area contributed by atoms with Gasteiger partial charge in [-0.25, -0.2) is 0 Å². The first kappa shape index (κ1) is 11.4. The Bertz CT molecular complexity index is 381. The van der Waals surface area contributed by atoms with E-state index in [9.17, 15) is 13.2 Å². The topological polar surface area (TPSA) is 33.0 Å². The van der Waals surface area contributed by atoms with Gasteiger partial charge in [-0.15, -0.1) is 0 Å². The molecule has 1 aromatic rings. The van der Waals surface area contributed by atoms with Crippen LogP contribution < -0.4 is 4.74 Å². The number of rotatable bonds is 2. The van der Waals surface area contributed by atoms with Gasteiger partial charge in [0, 0.05) is 0 Å². The number of hydrogen-bond acceptors (Lipinski definition) is 2. The predicted octanol–water partition coefficient (Wildman–Crippen LogP) is 3.00. The zero-order valence-electron chi connectivity index (χ0n) is 7.88. The molecule has 0 amide bonds. The van der Waals surface area contributed by atoms with Crippen LogP contribution >= 0.6 is 0 Å². The summed E-state index contributed by atoms with van der Waals surface area (Å²) in [6.45, 7) is 1.46. The summed E-state index contributed by atoms with van der Waals surface area (Å²) in [7, 11) is 0. The molecule has 0 saturated carbocycles. The van der Waals surface area contributed by atoms with Gasteiger partial charge in [0.1, 0.15) is 11.8 Å². The molecule has 0 fully saturated rings. The summed E-state index contributed by atoms with van der Waals surface area (Å²) in [5.74, 6) is 0.0406. The molecule has 0 radical (unpaired) electrons. The van der Waals surface area contributed by atoms with Gasteiger partial charge in [0.05, 0.1) is 5.56 Å². The molecule has 0 aliphatic carbocycles. The van der Waals surface area contributed by atoms with Crippen LogP contribution in [0, 0.1) is 11.3 Å². The van der Waals surface area contributed by atoms with Gasteiger partial charge in [-0.05, 0) is 25.1 Å². The molecular weight excluding hydrogens is 207 g/mol. The van der Waals surface area contributed by atoms with Gasteiger partial charge in [-0.2, -0.15) is 18.4 Å². The number of ether oxygens (including phenoxy) is 1. The Labute approximate surface area is 84.9 Å². The second-order valence-corrected chi connectivity index (χ2v) is 2.91. The third-order valence-corrected chi connectivity index (χ3v) is 1.66. The van der Waals surface area contributed by atoms with Crippen LogP contribution in [0.25, 0.3) is 0 Å². The average Bonchev–Trinajstić information content (AvgIpc) is 2.17. The number of halogens is 3. The van der Waals surface area contributed by atoms with Gasteiger partial charge in [0.15, 0.2) is 6.10 Å². The van der Waals surface area contributed by atoms with Crippen molar-refractivity contribution in [2.75, 3.05) is 0 Å². The van der Waals surface area contributed by atoms with Gasteiger partial charge in [0.25, 0.3) is 0 Å². The molecule has 0 bridgehead atoms. The fourth-order valence-electron chi connectivity index (χ4n) is 0.976. The summed E-state index contributed by atoms with van der Waals surface area (Å²) < 4.78 is 41.7. The maximum atomic E-state index is 12.3. The fraction of sp³-hybridized carbons (Fsp3) is 0.300. The van der Waals surface area contributed by atoms with Crippen LogP contribution in [-0.2, 0) is 6.18 Å². The minimum Gasteiger partial charge on any atom is -0.476 e. The number of hydrogen-bond donors (Lipinski definition) is 0. The molecule has 1 atom stereocenters. The van der Waals surface area contributed by atoms with E-state index >= 15 is 0 Å². The van der Waals surface area contributed by atoms with Gasteiger partial charge < -0.3 is 4.74 Å². The molecule has 5 heteroatoms. The summed E-state index contributed by atoms with van der Waals surface area (Å²) in [5, 5.41) is 8.43. The summed E-state index contributed by atoms with van der Waals surface area (Å²) in [5.41, 5.74) is -0.787. The van der Waals surface area contributed by atoms with Crippen molar-refractivity contribution in [2.24, 2.45) is 0 Å². The van der Waals surface area contributed by atoms with Gasteiger partial charge in [-0.1, -0.05) is 6.07 Å². The minimum absolute atomic E-state index is 0.0406. The zero-order valence-corrected chi connectivity index (χ0v) is 7.88. The average molecular weight is 215 g/mol. The number of nitriles is 1. The summed E-state index contributed by atoms with van der Waals surface area (Å²) in [4.78, 5) is 0. The first-order chi connectivity index (χ1) is 6.93. The molecule has 0 aromatic heterocycles. The lowest BCUT2D eigenvalue weighted by Crippen LogP contribution is -2.10. The molecule has 0 spiro atoms. The van der Waals surface area contributed by atoms with E-state index < -0.39 is 17.8 Å². The molecule has 0 aliphatic heterocycles. The summed E-state index contributed by atoms with van der Waals surface area (Å²) >= 11 is 0. The Balaban J connectivity index is 2.90. The molecule has 0 aliphatic rings. The van der Waals surface area contributed by atoms with Crippen molar-refractivity contribution in [2.45, 2.75) is 19.2 Å². The normalized spacial score (nSPS) is 13.0. The van der Waals surface area contributed by atoms with Crippen LogP contribution in [0.2, 0.25) is 0 Å². The largest absolute Gasteiger partial charge is 0.476 e. The number of benzene rings is 1. The Hall–Kier alpha value is -1.70. The summed E-state index contributed by atoms with van der Waals surface area (Å²) in [6, 6.07) is 6.20. The van der Waals surface area contributed by atoms with E-state index in [1.807, 2.05) is 0 Å². The van der Waals surface area contributed by atoms with Crippen molar-refractivity contribution in [1.29, 1.82) is 5.26 Å². The van der Waals surface area contributed by atoms with E-state index in [0.717, 1.165) is 12.1 Å². The lowest BCUT2D eigenvalue weighted by Gasteiger charge is -2.10. The van der Waals surface area contributed by atoms with Gasteiger partial charge in [-0.3, -0.25) is 0 Å². The van der Waals surface area contributed by atoms with Crippen molar-refractivity contribution in [1.82, 2.24) is 0 Å². The first-order valence-electron chi connectivity index (χ1n) is 4.17. The molecule has 80 valence electrons. The van der Waals surface area contributed by atoms with Crippen molar-refractivity contribution in [3.63, 3.8) is 0 Å². The van der Waals surface area contributed by atoms with Gasteiger partial charge in [0.2, 0.25) is 0 Å². The SMILES string of the molecule is C[C@@H](C#N)Oc1cccc(C(F)(F)F)c1. The molecule has 2 nitrogen and oxygen atoms in total. The quantitative estimate of drug-likeness (QED) is 0.759. The highest BCUT2D eigenvalue weighted by Crippen LogP contribution is 2.31. The van der Waals surface area contributed by atoms with E-state index in [2.05, 4.69) is 0 Å². The van der Waals surface area contributed by atoms with Crippen molar-refractivity contribution >= 4 is 0 Å². The maximum absolute atomic E-state index is 12.3. The van der Waals surface area contributed by atoms with Crippen LogP contribution in [0.1, 0.15) is 12.5 Å². The Kier molecular flexibility index (Phi) is 3.20. The molecule has 1 rings (SSSR count). The molecule has 0 saturated heterocycles. The maximum Gasteiger partial charge on any atom is 0.416 e. The lowest BCUT2D eigenvalue weighted by atomic mass is 10.2. The first-order valence-corrected chi connectivity index (χ1v) is 4.17. The van der Waals surface area contributed by atoms with Crippen LogP contribution in [0.3, 0.4) is 0 Å². The molecule has 0 N–H and O–H groups in total. The summed E-state index contributed by atoms with van der Waals surface area (Å²) in [6.07, 6.45) is -5.16. The van der Waals surface area contributed by atoms with E-state index in [0.29, 0.717) is 0 Å². The highest BCUT2D eigenvalue weighted by Gasteiger charge is 2.30. The van der Waals surface area contributed by atoms with E-state index in [1.165, 1.54) is 19.1 Å². The molecule has 15 heavy (non-hydrogen) atoms. The van der Waals surface area contributed by atoms with Crippen LogP contribution in [0.5, 0.6) is 5.75 Å². The third kappa shape index (κ3) is 3.17. The van der Waals surface area contributed by atoms with Crippen molar-refractivity contribution in [3.8, 4) is 11.8 Å². The smallest absolute Gasteiger partial charge is 0.416 e. The third-order valence-electron chi connectivity index (χ3n) is 1.66. The van der Waals surface area contributed by atoms with Crippen LogP contribution in [0.15, 0.2) is 24.3 Å².